The molecule has 6 heteroatoms. The van der Waals surface area contributed by atoms with E-state index in [1.165, 1.54) is 23.7 Å². The number of halogens is 2. The number of thiophene rings is 1. The Hall–Kier alpha value is -2.19. The summed E-state index contributed by atoms with van der Waals surface area (Å²) < 4.78 is 0. The summed E-state index contributed by atoms with van der Waals surface area (Å²) in [6.07, 6.45) is 6.54. The third kappa shape index (κ3) is 4.42. The van der Waals surface area contributed by atoms with E-state index in [1.807, 2.05) is 12.1 Å². The highest BCUT2D eigenvalue weighted by Crippen LogP contribution is 2.19. The second-order valence-electron chi connectivity index (χ2n) is 4.90. The predicted octanol–water partition coefficient (Wildman–Crippen LogP) is 4.67. The Labute approximate surface area is 153 Å². The van der Waals surface area contributed by atoms with Gasteiger partial charge in [-0.05, 0) is 24.3 Å². The fourth-order valence-electron chi connectivity index (χ4n) is 1.98. The molecule has 0 aliphatic carbocycles. The van der Waals surface area contributed by atoms with Crippen molar-refractivity contribution in [1.82, 2.24) is 9.97 Å². The molecule has 0 saturated heterocycles. The van der Waals surface area contributed by atoms with Crippen molar-refractivity contribution >= 4 is 40.3 Å². The first-order valence-electron chi connectivity index (χ1n) is 6.95. The summed E-state index contributed by atoms with van der Waals surface area (Å²) in [7, 11) is 0. The molecule has 0 radical (unpaired) electrons. The normalized spacial score (nSPS) is 10.1. The molecule has 0 saturated carbocycles. The van der Waals surface area contributed by atoms with Gasteiger partial charge in [-0.2, -0.15) is 0 Å². The van der Waals surface area contributed by atoms with Gasteiger partial charge >= 0.3 is 0 Å². The van der Waals surface area contributed by atoms with Crippen LogP contribution in [-0.4, -0.2) is 15.8 Å². The van der Waals surface area contributed by atoms with E-state index >= 15 is 0 Å². The van der Waals surface area contributed by atoms with E-state index in [-0.39, 0.29) is 5.78 Å². The van der Waals surface area contributed by atoms with Crippen LogP contribution in [0.3, 0.4) is 0 Å². The van der Waals surface area contributed by atoms with Gasteiger partial charge in [-0.25, -0.2) is 0 Å². The highest BCUT2D eigenvalue weighted by molar-refractivity contribution is 7.12. The van der Waals surface area contributed by atoms with E-state index in [0.717, 1.165) is 15.3 Å². The van der Waals surface area contributed by atoms with Crippen LogP contribution >= 0.6 is 34.5 Å². The van der Waals surface area contributed by atoms with Gasteiger partial charge in [0.2, 0.25) is 0 Å². The minimum atomic E-state index is -0.0228. The van der Waals surface area contributed by atoms with Crippen LogP contribution in [0.25, 0.3) is 0 Å². The molecule has 0 bridgehead atoms. The average Bonchev–Trinajstić information content (AvgIpc) is 3.00. The minimum absolute atomic E-state index is 0.0228. The number of rotatable bonds is 3. The maximum absolute atomic E-state index is 12.2. The zero-order chi connectivity index (χ0) is 16.9. The van der Waals surface area contributed by atoms with Crippen molar-refractivity contribution in [3.8, 4) is 11.8 Å². The van der Waals surface area contributed by atoms with Crippen LogP contribution in [0.5, 0.6) is 0 Å². The molecule has 0 fully saturated rings. The van der Waals surface area contributed by atoms with Crippen LogP contribution in [0.4, 0.5) is 0 Å². The summed E-state index contributed by atoms with van der Waals surface area (Å²) in [5.41, 5.74) is 1.26. The number of carbonyl (C=O) groups is 1. The Kier molecular flexibility index (Phi) is 5.27. The first kappa shape index (κ1) is 16.7. The number of hydrogen-bond acceptors (Lipinski definition) is 4. The number of hydrogen-bond donors (Lipinski definition) is 0. The Morgan fingerprint density at radius 2 is 1.75 bits per heavy atom. The summed E-state index contributed by atoms with van der Waals surface area (Å²) in [5.74, 6) is 6.04. The molecule has 0 amide bonds. The van der Waals surface area contributed by atoms with E-state index in [9.17, 15) is 4.79 Å². The van der Waals surface area contributed by atoms with Gasteiger partial charge in [-0.1, -0.05) is 35.0 Å². The fraction of sp³-hybridized carbons (Fsp3) is 0.0556. The Morgan fingerprint density at radius 3 is 2.50 bits per heavy atom. The van der Waals surface area contributed by atoms with Crippen LogP contribution in [0.2, 0.25) is 10.0 Å². The third-order valence-electron chi connectivity index (χ3n) is 3.06. The Bertz CT molecular complexity index is 957. The highest BCUT2D eigenvalue weighted by atomic mass is 35.5. The van der Waals surface area contributed by atoms with Crippen LogP contribution in [0.1, 0.15) is 25.7 Å². The van der Waals surface area contributed by atoms with Gasteiger partial charge in [0, 0.05) is 47.2 Å². The van der Waals surface area contributed by atoms with E-state index < -0.39 is 0 Å². The second-order valence-corrected chi connectivity index (χ2v) is 6.94. The molecular weight excluding hydrogens is 363 g/mol. The van der Waals surface area contributed by atoms with Crippen LogP contribution in [0, 0.1) is 11.8 Å². The monoisotopic (exact) mass is 372 g/mol. The molecular formula is C18H10Cl2N2OS. The fourth-order valence-corrected chi connectivity index (χ4v) is 3.19. The largest absolute Gasteiger partial charge is 0.294 e. The molecule has 24 heavy (non-hydrogen) atoms. The lowest BCUT2D eigenvalue weighted by Crippen LogP contribution is -2.02. The molecule has 0 unspecified atom stereocenters. The number of ketones is 1. The van der Waals surface area contributed by atoms with Gasteiger partial charge in [0.15, 0.2) is 5.78 Å². The number of carbonyl (C=O) groups excluding carboxylic acids is 1. The molecule has 0 N–H and O–H groups in total. The summed E-state index contributed by atoms with van der Waals surface area (Å²) in [4.78, 5) is 22.0. The molecule has 0 aliphatic rings. The molecule has 0 aromatic carbocycles. The van der Waals surface area contributed by atoms with Gasteiger partial charge in [-0.15, -0.1) is 11.3 Å². The lowest BCUT2D eigenvalue weighted by Gasteiger charge is -1.98. The number of Topliss-reactive ketones (excluding diaryl/α,β-unsaturated/α-hetero) is 1. The molecule has 3 rings (SSSR count). The number of pyridine rings is 2. The van der Waals surface area contributed by atoms with E-state index in [0.29, 0.717) is 22.0 Å². The zero-order valence-corrected chi connectivity index (χ0v) is 14.6. The van der Waals surface area contributed by atoms with Crippen molar-refractivity contribution in [3.05, 3.63) is 80.0 Å². The molecule has 3 aromatic heterocycles. The Morgan fingerprint density at radius 1 is 1.00 bits per heavy atom. The van der Waals surface area contributed by atoms with Crippen molar-refractivity contribution in [2.24, 2.45) is 0 Å². The van der Waals surface area contributed by atoms with Crippen LogP contribution in [0.15, 0.2) is 49.1 Å². The number of aromatic nitrogens is 2. The summed E-state index contributed by atoms with van der Waals surface area (Å²) in [5, 5.41) is 1.00. The minimum Gasteiger partial charge on any atom is -0.294 e. The molecule has 0 spiro atoms. The highest BCUT2D eigenvalue weighted by Gasteiger charge is 2.09. The first-order chi connectivity index (χ1) is 11.6. The lowest BCUT2D eigenvalue weighted by molar-refractivity contribution is 0.0993. The molecule has 3 heterocycles. The lowest BCUT2D eigenvalue weighted by atomic mass is 10.1. The van der Waals surface area contributed by atoms with Crippen molar-refractivity contribution in [2.75, 3.05) is 0 Å². The van der Waals surface area contributed by atoms with E-state index in [2.05, 4.69) is 21.8 Å². The molecule has 118 valence electrons. The van der Waals surface area contributed by atoms with Gasteiger partial charge in [0.25, 0.3) is 0 Å². The second kappa shape index (κ2) is 7.59. The quantitative estimate of drug-likeness (QED) is 0.495. The smallest absolute Gasteiger partial charge is 0.169 e. The number of nitrogens with zero attached hydrogens (tertiary/aromatic N) is 2. The molecule has 3 aromatic rings. The van der Waals surface area contributed by atoms with E-state index in [1.54, 1.807) is 24.5 Å². The van der Waals surface area contributed by atoms with Crippen LogP contribution in [-0.2, 0) is 6.42 Å². The topological polar surface area (TPSA) is 42.9 Å². The van der Waals surface area contributed by atoms with Crippen LogP contribution < -0.4 is 0 Å². The van der Waals surface area contributed by atoms with Crippen molar-refractivity contribution in [2.45, 2.75) is 6.42 Å². The Balaban J connectivity index is 1.71. The third-order valence-corrected chi connectivity index (χ3v) is 4.47. The standard InChI is InChI=1S/C18H10Cl2N2OS/c19-14-5-12(8-21-10-14)1-2-16-3-4-17(24-16)7-18(23)13-6-15(20)11-22-9-13/h3-6,8-11H,7H2. The van der Waals surface area contributed by atoms with Gasteiger partial charge in [0.1, 0.15) is 0 Å². The molecule has 0 aliphatic heterocycles. The van der Waals surface area contributed by atoms with Crippen molar-refractivity contribution < 1.29 is 4.79 Å². The predicted molar refractivity (Wildman–Crippen MR) is 96.8 cm³/mol. The first-order valence-corrected chi connectivity index (χ1v) is 8.52. The summed E-state index contributed by atoms with van der Waals surface area (Å²) >= 11 is 13.2. The maximum Gasteiger partial charge on any atom is 0.169 e. The van der Waals surface area contributed by atoms with Gasteiger partial charge < -0.3 is 0 Å². The van der Waals surface area contributed by atoms with Gasteiger partial charge in [-0.3, -0.25) is 14.8 Å². The average molecular weight is 373 g/mol. The van der Waals surface area contributed by atoms with E-state index in [4.69, 9.17) is 23.2 Å². The molecule has 3 nitrogen and oxygen atoms in total. The maximum atomic E-state index is 12.2. The summed E-state index contributed by atoms with van der Waals surface area (Å²) in [6.45, 7) is 0. The van der Waals surface area contributed by atoms with Crippen molar-refractivity contribution in [1.29, 1.82) is 0 Å². The van der Waals surface area contributed by atoms with Gasteiger partial charge in [0.05, 0.1) is 14.9 Å². The molecule has 0 atom stereocenters. The summed E-state index contributed by atoms with van der Waals surface area (Å²) in [6, 6.07) is 7.18. The van der Waals surface area contributed by atoms with Crippen molar-refractivity contribution in [3.63, 3.8) is 0 Å². The zero-order valence-electron chi connectivity index (χ0n) is 12.3. The SMILES string of the molecule is O=C(Cc1ccc(C#Cc2cncc(Cl)c2)s1)c1cncc(Cl)c1.